The highest BCUT2D eigenvalue weighted by atomic mass is 16.5. The Morgan fingerprint density at radius 2 is 1.85 bits per heavy atom. The highest BCUT2D eigenvalue weighted by Crippen LogP contribution is 2.25. The number of ether oxygens (including phenoxy) is 1. The molecule has 1 rings (SSSR count). The summed E-state index contributed by atoms with van der Waals surface area (Å²) < 4.78 is 5.96. The first-order valence-corrected chi connectivity index (χ1v) is 7.73. The third-order valence-corrected chi connectivity index (χ3v) is 3.40. The summed E-state index contributed by atoms with van der Waals surface area (Å²) in [5.41, 5.74) is 3.81. The first-order chi connectivity index (χ1) is 9.69. The van der Waals surface area contributed by atoms with Crippen LogP contribution < -0.4 is 10.1 Å². The van der Waals surface area contributed by atoms with Gasteiger partial charge in [-0.3, -0.25) is 0 Å². The van der Waals surface area contributed by atoms with Gasteiger partial charge in [-0.2, -0.15) is 0 Å². The molecule has 0 saturated carbocycles. The smallest absolute Gasteiger partial charge is 0.125 e. The highest BCUT2D eigenvalue weighted by molar-refractivity contribution is 5.43. The minimum absolute atomic E-state index is 0.811. The molecule has 0 aliphatic heterocycles. The fraction of sp³-hybridized carbons (Fsp3) is 0.556. The van der Waals surface area contributed by atoms with Gasteiger partial charge < -0.3 is 10.1 Å². The van der Waals surface area contributed by atoms with Crippen LogP contribution in [0.4, 0.5) is 0 Å². The van der Waals surface area contributed by atoms with E-state index in [1.807, 2.05) is 6.08 Å². The van der Waals surface area contributed by atoms with Crippen LogP contribution in [0, 0.1) is 13.8 Å². The zero-order valence-electron chi connectivity index (χ0n) is 13.3. The molecule has 0 spiro atoms. The number of aryl methyl sites for hydroxylation is 2. The number of unbranched alkanes of at least 4 members (excludes halogenated alkanes) is 3. The van der Waals surface area contributed by atoms with Crippen LogP contribution in [0.3, 0.4) is 0 Å². The first-order valence-electron chi connectivity index (χ1n) is 7.73. The van der Waals surface area contributed by atoms with E-state index in [0.717, 1.165) is 38.3 Å². The van der Waals surface area contributed by atoms with Crippen molar-refractivity contribution in [1.82, 2.24) is 5.32 Å². The number of benzene rings is 1. The second-order valence-corrected chi connectivity index (χ2v) is 5.33. The predicted molar refractivity (Wildman–Crippen MR) is 87.5 cm³/mol. The molecule has 112 valence electrons. The molecule has 0 bridgehead atoms. The Labute approximate surface area is 124 Å². The lowest BCUT2D eigenvalue weighted by Crippen LogP contribution is -2.12. The maximum atomic E-state index is 5.96. The average molecular weight is 275 g/mol. The Kier molecular flexibility index (Phi) is 8.05. The van der Waals surface area contributed by atoms with Crippen LogP contribution in [0.5, 0.6) is 5.75 Å². The molecule has 0 aromatic heterocycles. The van der Waals surface area contributed by atoms with Gasteiger partial charge in [0.1, 0.15) is 5.75 Å². The minimum atomic E-state index is 0.811. The number of hydrogen-bond donors (Lipinski definition) is 1. The molecule has 1 N–H and O–H groups in total. The average Bonchev–Trinajstić information content (AvgIpc) is 2.42. The Bertz CT molecular complexity index is 389. The van der Waals surface area contributed by atoms with E-state index in [0.29, 0.717) is 0 Å². The molecule has 0 aliphatic carbocycles. The van der Waals surface area contributed by atoms with Gasteiger partial charge in [0.25, 0.3) is 0 Å². The van der Waals surface area contributed by atoms with Gasteiger partial charge in [0, 0.05) is 6.54 Å². The van der Waals surface area contributed by atoms with Crippen LogP contribution in [-0.2, 0) is 6.54 Å². The molecular weight excluding hydrogens is 246 g/mol. The molecule has 1 aromatic rings. The second-order valence-electron chi connectivity index (χ2n) is 5.33. The van der Waals surface area contributed by atoms with Crippen LogP contribution in [-0.4, -0.2) is 13.2 Å². The minimum Gasteiger partial charge on any atom is -0.493 e. The Balaban J connectivity index is 2.47. The van der Waals surface area contributed by atoms with Crippen molar-refractivity contribution in [3.63, 3.8) is 0 Å². The van der Waals surface area contributed by atoms with Crippen LogP contribution in [0.1, 0.15) is 49.3 Å². The number of nitrogens with one attached hydrogen (secondary N) is 1. The molecule has 1 aromatic carbocycles. The lowest BCUT2D eigenvalue weighted by molar-refractivity contribution is 0.301. The van der Waals surface area contributed by atoms with Gasteiger partial charge in [0.15, 0.2) is 0 Å². The van der Waals surface area contributed by atoms with E-state index < -0.39 is 0 Å². The molecule has 0 unspecified atom stereocenters. The second kappa shape index (κ2) is 9.60. The molecule has 20 heavy (non-hydrogen) atoms. The predicted octanol–water partition coefficient (Wildman–Crippen LogP) is 4.54. The zero-order chi connectivity index (χ0) is 14.8. The Morgan fingerprint density at radius 3 is 2.45 bits per heavy atom. The molecule has 2 nitrogen and oxygen atoms in total. The van der Waals surface area contributed by atoms with Gasteiger partial charge in [-0.1, -0.05) is 25.1 Å². The van der Waals surface area contributed by atoms with E-state index in [4.69, 9.17) is 4.74 Å². The van der Waals surface area contributed by atoms with E-state index in [-0.39, 0.29) is 0 Å². The van der Waals surface area contributed by atoms with Gasteiger partial charge in [-0.05, 0) is 62.8 Å². The van der Waals surface area contributed by atoms with E-state index in [2.05, 4.69) is 44.8 Å². The van der Waals surface area contributed by atoms with Gasteiger partial charge in [0.2, 0.25) is 0 Å². The van der Waals surface area contributed by atoms with Crippen molar-refractivity contribution in [2.45, 2.75) is 53.0 Å². The Morgan fingerprint density at radius 1 is 1.15 bits per heavy atom. The summed E-state index contributed by atoms with van der Waals surface area (Å²) >= 11 is 0. The van der Waals surface area contributed by atoms with Crippen molar-refractivity contribution in [3.05, 3.63) is 41.5 Å². The van der Waals surface area contributed by atoms with Gasteiger partial charge in [0.05, 0.1) is 6.61 Å². The normalized spacial score (nSPS) is 10.6. The topological polar surface area (TPSA) is 21.3 Å². The molecule has 0 atom stereocenters. The summed E-state index contributed by atoms with van der Waals surface area (Å²) in [5.74, 6) is 1.06. The summed E-state index contributed by atoms with van der Waals surface area (Å²) in [6.07, 6.45) is 6.64. The summed E-state index contributed by atoms with van der Waals surface area (Å²) in [5, 5.41) is 3.36. The van der Waals surface area contributed by atoms with Crippen molar-refractivity contribution in [1.29, 1.82) is 0 Å². The maximum Gasteiger partial charge on any atom is 0.125 e. The fourth-order valence-corrected chi connectivity index (χ4v) is 2.38. The van der Waals surface area contributed by atoms with Crippen molar-refractivity contribution < 1.29 is 4.74 Å². The third-order valence-electron chi connectivity index (χ3n) is 3.40. The molecule has 0 saturated heterocycles. The van der Waals surface area contributed by atoms with Gasteiger partial charge in [-0.25, -0.2) is 0 Å². The van der Waals surface area contributed by atoms with Crippen molar-refractivity contribution >= 4 is 0 Å². The summed E-state index contributed by atoms with van der Waals surface area (Å²) in [6.45, 7) is 12.9. The highest BCUT2D eigenvalue weighted by Gasteiger charge is 2.06. The quantitative estimate of drug-likeness (QED) is 0.500. The summed E-state index contributed by atoms with van der Waals surface area (Å²) in [4.78, 5) is 0. The molecule has 0 aliphatic rings. The largest absolute Gasteiger partial charge is 0.493 e. The van der Waals surface area contributed by atoms with Crippen LogP contribution in [0.15, 0.2) is 24.8 Å². The fourth-order valence-electron chi connectivity index (χ4n) is 2.38. The standard InChI is InChI=1S/C18H29NO/c1-5-7-8-9-10-11-20-18-15(3)12-17(13-16(18)4)14-19-6-2/h5,12-13,19H,1,6-11,14H2,2-4H3. The van der Waals surface area contributed by atoms with Gasteiger partial charge >= 0.3 is 0 Å². The zero-order valence-corrected chi connectivity index (χ0v) is 13.3. The van der Waals surface area contributed by atoms with Crippen LogP contribution in [0.2, 0.25) is 0 Å². The summed E-state index contributed by atoms with van der Waals surface area (Å²) in [6, 6.07) is 4.45. The van der Waals surface area contributed by atoms with Crippen molar-refractivity contribution in [3.8, 4) is 5.75 Å². The summed E-state index contributed by atoms with van der Waals surface area (Å²) in [7, 11) is 0. The lowest BCUT2D eigenvalue weighted by Gasteiger charge is -2.14. The Hall–Kier alpha value is -1.28. The van der Waals surface area contributed by atoms with E-state index in [1.165, 1.54) is 29.5 Å². The monoisotopic (exact) mass is 275 g/mol. The molecule has 0 fully saturated rings. The van der Waals surface area contributed by atoms with E-state index in [9.17, 15) is 0 Å². The molecule has 0 radical (unpaired) electrons. The van der Waals surface area contributed by atoms with Crippen molar-refractivity contribution in [2.75, 3.05) is 13.2 Å². The van der Waals surface area contributed by atoms with Crippen LogP contribution in [0.25, 0.3) is 0 Å². The van der Waals surface area contributed by atoms with E-state index >= 15 is 0 Å². The molecule has 2 heteroatoms. The van der Waals surface area contributed by atoms with E-state index in [1.54, 1.807) is 0 Å². The maximum absolute atomic E-state index is 5.96. The SMILES string of the molecule is C=CCCCCCOc1c(C)cc(CNCC)cc1C. The number of allylic oxidation sites excluding steroid dienone is 1. The molecular formula is C18H29NO. The number of hydrogen-bond acceptors (Lipinski definition) is 2. The lowest BCUT2D eigenvalue weighted by atomic mass is 10.1. The molecule has 0 amide bonds. The number of rotatable bonds is 10. The third kappa shape index (κ3) is 5.79. The van der Waals surface area contributed by atoms with Gasteiger partial charge in [-0.15, -0.1) is 6.58 Å². The van der Waals surface area contributed by atoms with Crippen LogP contribution >= 0.6 is 0 Å². The first kappa shape index (κ1) is 16.8. The molecule has 0 heterocycles. The van der Waals surface area contributed by atoms with Crippen molar-refractivity contribution in [2.24, 2.45) is 0 Å².